The third-order valence-electron chi connectivity index (χ3n) is 5.59. The van der Waals surface area contributed by atoms with Gasteiger partial charge in [0.2, 0.25) is 5.91 Å². The predicted molar refractivity (Wildman–Crippen MR) is 108 cm³/mol. The van der Waals surface area contributed by atoms with E-state index >= 15 is 0 Å². The number of anilines is 1. The third kappa shape index (κ3) is 3.61. The number of hydrogen-bond acceptors (Lipinski definition) is 3. The summed E-state index contributed by atoms with van der Waals surface area (Å²) in [4.78, 5) is 28.2. The highest BCUT2D eigenvalue weighted by Gasteiger charge is 2.40. The van der Waals surface area contributed by atoms with Gasteiger partial charge in [-0.25, -0.2) is 0 Å². The Morgan fingerprint density at radius 1 is 1.04 bits per heavy atom. The maximum Gasteiger partial charge on any atom is 0.268 e. The number of amides is 2. The van der Waals surface area contributed by atoms with Crippen LogP contribution in [0.25, 0.3) is 0 Å². The fourth-order valence-electron chi connectivity index (χ4n) is 4.16. The summed E-state index contributed by atoms with van der Waals surface area (Å²) in [6.07, 6.45) is 4.86. The number of carbonyl (C=O) groups is 2. The van der Waals surface area contributed by atoms with Crippen LogP contribution < -0.4 is 15.0 Å². The molecule has 28 heavy (non-hydrogen) atoms. The molecule has 4 rings (SSSR count). The molecule has 2 aliphatic rings. The number of para-hydroxylation sites is 2. The normalized spacial score (nSPS) is 20.8. The summed E-state index contributed by atoms with van der Waals surface area (Å²) >= 11 is 0. The zero-order valence-corrected chi connectivity index (χ0v) is 16.1. The maximum absolute atomic E-state index is 13.4. The number of fused-ring (bicyclic) bond motifs is 1. The van der Waals surface area contributed by atoms with Gasteiger partial charge in [-0.2, -0.15) is 0 Å². The molecule has 1 heterocycles. The number of ether oxygens (including phenoxy) is 1. The van der Waals surface area contributed by atoms with Crippen molar-refractivity contribution in [1.29, 1.82) is 0 Å². The number of benzene rings is 2. The lowest BCUT2D eigenvalue weighted by molar-refractivity contribution is -0.130. The monoisotopic (exact) mass is 378 g/mol. The Morgan fingerprint density at radius 3 is 2.46 bits per heavy atom. The van der Waals surface area contributed by atoms with E-state index in [-0.39, 0.29) is 17.9 Å². The average Bonchev–Trinajstić information content (AvgIpc) is 2.72. The summed E-state index contributed by atoms with van der Waals surface area (Å²) in [6.45, 7) is 1.73. The van der Waals surface area contributed by atoms with E-state index in [0.717, 1.165) is 31.2 Å². The second kappa shape index (κ2) is 8.05. The van der Waals surface area contributed by atoms with Crippen LogP contribution in [0.3, 0.4) is 0 Å². The van der Waals surface area contributed by atoms with Crippen LogP contribution in [0.1, 0.15) is 50.6 Å². The molecule has 2 amide bonds. The molecule has 1 N–H and O–H groups in total. The minimum Gasteiger partial charge on any atom is -0.479 e. The van der Waals surface area contributed by atoms with Gasteiger partial charge in [-0.1, -0.05) is 61.7 Å². The predicted octanol–water partition coefficient (Wildman–Crippen LogP) is 3.99. The largest absolute Gasteiger partial charge is 0.479 e. The molecule has 2 unspecified atom stereocenters. The molecule has 1 fully saturated rings. The van der Waals surface area contributed by atoms with Gasteiger partial charge >= 0.3 is 0 Å². The van der Waals surface area contributed by atoms with E-state index in [0.29, 0.717) is 11.4 Å². The van der Waals surface area contributed by atoms with Crippen LogP contribution in [-0.4, -0.2) is 24.0 Å². The van der Waals surface area contributed by atoms with E-state index in [2.05, 4.69) is 5.32 Å². The van der Waals surface area contributed by atoms with Crippen molar-refractivity contribution in [2.75, 3.05) is 4.90 Å². The van der Waals surface area contributed by atoms with Gasteiger partial charge in [0.05, 0.1) is 5.69 Å². The van der Waals surface area contributed by atoms with Gasteiger partial charge in [0, 0.05) is 6.04 Å². The van der Waals surface area contributed by atoms with E-state index in [4.69, 9.17) is 4.74 Å². The zero-order chi connectivity index (χ0) is 19.5. The summed E-state index contributed by atoms with van der Waals surface area (Å²) in [5, 5.41) is 3.21. The van der Waals surface area contributed by atoms with Gasteiger partial charge in [-0.3, -0.25) is 14.5 Å². The summed E-state index contributed by atoms with van der Waals surface area (Å²) in [5.41, 5.74) is 1.44. The van der Waals surface area contributed by atoms with E-state index in [1.165, 1.54) is 6.42 Å². The van der Waals surface area contributed by atoms with Crippen molar-refractivity contribution in [3.05, 3.63) is 60.2 Å². The number of nitrogens with zero attached hydrogens (tertiary/aromatic N) is 1. The average molecular weight is 378 g/mol. The lowest BCUT2D eigenvalue weighted by Gasteiger charge is -2.38. The molecule has 0 spiro atoms. The zero-order valence-electron chi connectivity index (χ0n) is 16.1. The van der Waals surface area contributed by atoms with Crippen molar-refractivity contribution < 1.29 is 14.3 Å². The van der Waals surface area contributed by atoms with Gasteiger partial charge in [-0.05, 0) is 37.5 Å². The molecule has 1 aliphatic carbocycles. The molecular formula is C23H26N2O3. The first kappa shape index (κ1) is 18.5. The van der Waals surface area contributed by atoms with Gasteiger partial charge in [0.15, 0.2) is 6.10 Å². The quantitative estimate of drug-likeness (QED) is 0.875. The van der Waals surface area contributed by atoms with Gasteiger partial charge in [0.1, 0.15) is 11.8 Å². The Bertz CT molecular complexity index is 846. The molecule has 0 radical (unpaired) electrons. The van der Waals surface area contributed by atoms with Crippen molar-refractivity contribution in [3.8, 4) is 5.75 Å². The number of rotatable bonds is 4. The topological polar surface area (TPSA) is 58.6 Å². The first-order chi connectivity index (χ1) is 13.6. The van der Waals surface area contributed by atoms with Crippen LogP contribution in [0.5, 0.6) is 5.75 Å². The van der Waals surface area contributed by atoms with Crippen LogP contribution in [0.4, 0.5) is 5.69 Å². The van der Waals surface area contributed by atoms with Gasteiger partial charge < -0.3 is 10.1 Å². The second-order valence-electron chi connectivity index (χ2n) is 7.59. The Labute approximate surface area is 165 Å². The highest BCUT2D eigenvalue weighted by Crippen LogP contribution is 2.39. The molecule has 2 aromatic rings. The molecule has 5 heteroatoms. The van der Waals surface area contributed by atoms with Crippen molar-refractivity contribution >= 4 is 17.5 Å². The fourth-order valence-corrected chi connectivity index (χ4v) is 4.16. The molecule has 0 bridgehead atoms. The lowest BCUT2D eigenvalue weighted by atomic mass is 9.94. The van der Waals surface area contributed by atoms with E-state index < -0.39 is 12.1 Å². The van der Waals surface area contributed by atoms with Gasteiger partial charge in [0.25, 0.3) is 5.91 Å². The van der Waals surface area contributed by atoms with E-state index in [1.54, 1.807) is 11.8 Å². The Morgan fingerprint density at radius 2 is 1.71 bits per heavy atom. The Kier molecular flexibility index (Phi) is 5.33. The van der Waals surface area contributed by atoms with Crippen molar-refractivity contribution in [1.82, 2.24) is 5.32 Å². The minimum absolute atomic E-state index is 0.129. The highest BCUT2D eigenvalue weighted by molar-refractivity contribution is 6.05. The van der Waals surface area contributed by atoms with Crippen molar-refractivity contribution in [2.24, 2.45) is 0 Å². The minimum atomic E-state index is -0.719. The maximum atomic E-state index is 13.4. The molecule has 0 aromatic heterocycles. The second-order valence-corrected chi connectivity index (χ2v) is 7.59. The molecule has 5 nitrogen and oxygen atoms in total. The summed E-state index contributed by atoms with van der Waals surface area (Å²) in [5.74, 6) is 0.294. The van der Waals surface area contributed by atoms with E-state index in [1.807, 2.05) is 54.6 Å². The molecular weight excluding hydrogens is 352 g/mol. The molecule has 1 saturated carbocycles. The van der Waals surface area contributed by atoms with Crippen LogP contribution in [-0.2, 0) is 9.59 Å². The Hall–Kier alpha value is -2.82. The number of nitrogens with one attached hydrogen (secondary N) is 1. The van der Waals surface area contributed by atoms with Crippen molar-refractivity contribution in [3.63, 3.8) is 0 Å². The molecule has 2 atom stereocenters. The van der Waals surface area contributed by atoms with Crippen LogP contribution in [0.2, 0.25) is 0 Å². The van der Waals surface area contributed by atoms with Crippen molar-refractivity contribution in [2.45, 2.75) is 57.2 Å². The Balaban J connectivity index is 1.73. The molecule has 0 saturated heterocycles. The third-order valence-corrected chi connectivity index (χ3v) is 5.59. The SMILES string of the molecule is CC1Oc2ccccc2N(C(C(=O)NC2CCCCC2)c2ccccc2)C1=O. The summed E-state index contributed by atoms with van der Waals surface area (Å²) < 4.78 is 5.77. The number of carbonyl (C=O) groups excluding carboxylic acids is 2. The van der Waals surface area contributed by atoms with Crippen LogP contribution >= 0.6 is 0 Å². The summed E-state index contributed by atoms with van der Waals surface area (Å²) in [7, 11) is 0. The van der Waals surface area contributed by atoms with Gasteiger partial charge in [-0.15, -0.1) is 0 Å². The molecule has 2 aromatic carbocycles. The lowest BCUT2D eigenvalue weighted by Crippen LogP contribution is -2.52. The van der Waals surface area contributed by atoms with Crippen LogP contribution in [0, 0.1) is 0 Å². The van der Waals surface area contributed by atoms with Crippen LogP contribution in [0.15, 0.2) is 54.6 Å². The molecule has 146 valence electrons. The fraction of sp³-hybridized carbons (Fsp3) is 0.391. The number of hydrogen-bond donors (Lipinski definition) is 1. The first-order valence-electron chi connectivity index (χ1n) is 10.1. The van der Waals surface area contributed by atoms with E-state index in [9.17, 15) is 9.59 Å². The smallest absolute Gasteiger partial charge is 0.268 e. The molecule has 1 aliphatic heterocycles. The first-order valence-corrected chi connectivity index (χ1v) is 10.1. The summed E-state index contributed by atoms with van der Waals surface area (Å²) in [6, 6.07) is 16.4. The highest BCUT2D eigenvalue weighted by atomic mass is 16.5. The standard InChI is InChI=1S/C23H26N2O3/c1-16-23(27)25(19-14-8-9-15-20(19)28-16)21(17-10-4-2-5-11-17)22(26)24-18-12-6-3-7-13-18/h2,4-5,8-11,14-16,18,21H,3,6-7,12-13H2,1H3,(H,24,26).